The van der Waals surface area contributed by atoms with Gasteiger partial charge in [-0.1, -0.05) is 13.3 Å². The molecule has 0 bridgehead atoms. The molecular weight excluding hydrogens is 238 g/mol. The molecule has 1 rings (SSSR count). The van der Waals surface area contributed by atoms with E-state index >= 15 is 0 Å². The van der Waals surface area contributed by atoms with E-state index in [1.165, 1.54) is 0 Å². The van der Waals surface area contributed by atoms with Gasteiger partial charge in [0, 0.05) is 25.2 Å². The van der Waals surface area contributed by atoms with E-state index in [0.717, 1.165) is 18.5 Å². The second-order valence-electron chi connectivity index (χ2n) is 5.76. The van der Waals surface area contributed by atoms with E-state index in [1.54, 1.807) is 25.1 Å². The molecule has 0 aliphatic heterocycles. The topological polar surface area (TPSA) is 58.4 Å². The summed E-state index contributed by atoms with van der Waals surface area (Å²) in [7, 11) is 3.46. The number of nitrogen functional groups attached to an aromatic ring is 1. The maximum Gasteiger partial charge on any atom is 0.253 e. The van der Waals surface area contributed by atoms with E-state index in [-0.39, 0.29) is 11.4 Å². The highest BCUT2D eigenvalue weighted by atomic mass is 16.2. The predicted molar refractivity (Wildman–Crippen MR) is 81.5 cm³/mol. The molecule has 0 fully saturated rings. The first-order chi connectivity index (χ1) is 8.76. The summed E-state index contributed by atoms with van der Waals surface area (Å²) in [6.45, 7) is 6.45. The molecule has 0 radical (unpaired) electrons. The molecule has 0 heterocycles. The third kappa shape index (κ3) is 4.16. The largest absolute Gasteiger partial charge is 0.397 e. The number of nitrogens with zero attached hydrogens (tertiary/aromatic N) is 1. The number of benzene rings is 1. The van der Waals surface area contributed by atoms with Crippen molar-refractivity contribution < 1.29 is 4.79 Å². The van der Waals surface area contributed by atoms with Crippen molar-refractivity contribution in [2.45, 2.75) is 39.2 Å². The number of nitrogens with two attached hydrogens (primary N) is 1. The zero-order chi connectivity index (χ0) is 14.6. The Bertz CT molecular complexity index is 453. The molecule has 0 saturated heterocycles. The van der Waals surface area contributed by atoms with Crippen LogP contribution in [0.3, 0.4) is 0 Å². The number of anilines is 2. The molecule has 0 aliphatic rings. The molecule has 0 aliphatic carbocycles. The minimum absolute atomic E-state index is 0.00402. The molecular formula is C15H25N3O. The minimum atomic E-state index is -0.0360. The number of carbonyl (C=O) groups is 1. The summed E-state index contributed by atoms with van der Waals surface area (Å²) >= 11 is 0. The minimum Gasteiger partial charge on any atom is -0.397 e. The van der Waals surface area contributed by atoms with E-state index < -0.39 is 0 Å². The van der Waals surface area contributed by atoms with Gasteiger partial charge in [0.15, 0.2) is 0 Å². The first-order valence-electron chi connectivity index (χ1n) is 6.66. The lowest BCUT2D eigenvalue weighted by Gasteiger charge is -2.28. The normalized spacial score (nSPS) is 11.2. The highest BCUT2D eigenvalue weighted by Gasteiger charge is 2.18. The third-order valence-electron chi connectivity index (χ3n) is 3.05. The molecule has 0 atom stereocenters. The summed E-state index contributed by atoms with van der Waals surface area (Å²) in [5.74, 6) is -0.0360. The molecule has 0 aromatic heterocycles. The van der Waals surface area contributed by atoms with Gasteiger partial charge in [-0.2, -0.15) is 0 Å². The van der Waals surface area contributed by atoms with Crippen molar-refractivity contribution >= 4 is 17.3 Å². The zero-order valence-corrected chi connectivity index (χ0v) is 12.6. The van der Waals surface area contributed by atoms with Crippen LogP contribution in [0.5, 0.6) is 0 Å². The second kappa shape index (κ2) is 5.95. The van der Waals surface area contributed by atoms with Crippen LogP contribution in [-0.4, -0.2) is 30.4 Å². The third-order valence-corrected chi connectivity index (χ3v) is 3.05. The average molecular weight is 263 g/mol. The first kappa shape index (κ1) is 15.3. The standard InChI is InChI=1S/C15H25N3O/c1-6-9-15(2,3)17-13-8-7-11(10-12(13)16)14(19)18(4)5/h7-8,10,17H,6,9,16H2,1-5H3. The molecule has 4 heteroatoms. The van der Waals surface area contributed by atoms with Crippen molar-refractivity contribution in [3.8, 4) is 0 Å². The molecule has 1 aromatic rings. The van der Waals surface area contributed by atoms with Crippen LogP contribution < -0.4 is 11.1 Å². The Morgan fingerprint density at radius 1 is 1.37 bits per heavy atom. The van der Waals surface area contributed by atoms with Gasteiger partial charge in [0.05, 0.1) is 11.4 Å². The van der Waals surface area contributed by atoms with Gasteiger partial charge in [-0.3, -0.25) is 4.79 Å². The molecule has 0 spiro atoms. The fourth-order valence-corrected chi connectivity index (χ4v) is 2.12. The Labute approximate surface area is 116 Å². The molecule has 1 amide bonds. The fraction of sp³-hybridized carbons (Fsp3) is 0.533. The van der Waals surface area contributed by atoms with E-state index in [2.05, 4.69) is 26.1 Å². The SMILES string of the molecule is CCCC(C)(C)Nc1ccc(C(=O)N(C)C)cc1N. The molecule has 19 heavy (non-hydrogen) atoms. The Morgan fingerprint density at radius 3 is 2.47 bits per heavy atom. The van der Waals surface area contributed by atoms with Crippen LogP contribution in [0.25, 0.3) is 0 Å². The number of amides is 1. The highest BCUT2D eigenvalue weighted by Crippen LogP contribution is 2.26. The summed E-state index contributed by atoms with van der Waals surface area (Å²) in [4.78, 5) is 13.4. The monoisotopic (exact) mass is 263 g/mol. The Hall–Kier alpha value is -1.71. The lowest BCUT2D eigenvalue weighted by Crippen LogP contribution is -2.31. The summed E-state index contributed by atoms with van der Waals surface area (Å²) in [5.41, 5.74) is 8.13. The van der Waals surface area contributed by atoms with Crippen molar-refractivity contribution in [2.24, 2.45) is 0 Å². The van der Waals surface area contributed by atoms with Gasteiger partial charge in [-0.05, 0) is 38.5 Å². The van der Waals surface area contributed by atoms with Crippen molar-refractivity contribution in [3.05, 3.63) is 23.8 Å². The fourth-order valence-electron chi connectivity index (χ4n) is 2.12. The van der Waals surface area contributed by atoms with Gasteiger partial charge < -0.3 is 16.0 Å². The Morgan fingerprint density at radius 2 is 2.00 bits per heavy atom. The number of hydrogen-bond donors (Lipinski definition) is 2. The van der Waals surface area contributed by atoms with Gasteiger partial charge in [0.1, 0.15) is 0 Å². The van der Waals surface area contributed by atoms with Crippen LogP contribution in [0.2, 0.25) is 0 Å². The van der Waals surface area contributed by atoms with Crippen LogP contribution in [-0.2, 0) is 0 Å². The Balaban J connectivity index is 2.92. The predicted octanol–water partition coefficient (Wildman–Crippen LogP) is 2.96. The maximum atomic E-state index is 11.8. The number of hydrogen-bond acceptors (Lipinski definition) is 3. The summed E-state index contributed by atoms with van der Waals surface area (Å²) in [6.07, 6.45) is 2.17. The van der Waals surface area contributed by atoms with Gasteiger partial charge in [0.2, 0.25) is 0 Å². The number of carbonyl (C=O) groups excluding carboxylic acids is 1. The Kier molecular flexibility index (Phi) is 4.81. The van der Waals surface area contributed by atoms with Crippen LogP contribution in [0.15, 0.2) is 18.2 Å². The van der Waals surface area contributed by atoms with E-state index in [0.29, 0.717) is 11.3 Å². The first-order valence-corrected chi connectivity index (χ1v) is 6.66. The van der Waals surface area contributed by atoms with Gasteiger partial charge in [-0.15, -0.1) is 0 Å². The van der Waals surface area contributed by atoms with Crippen LogP contribution in [0.4, 0.5) is 11.4 Å². The highest BCUT2D eigenvalue weighted by molar-refractivity contribution is 5.95. The quantitative estimate of drug-likeness (QED) is 0.803. The van der Waals surface area contributed by atoms with Crippen LogP contribution >= 0.6 is 0 Å². The van der Waals surface area contributed by atoms with Crippen molar-refractivity contribution in [3.63, 3.8) is 0 Å². The second-order valence-corrected chi connectivity index (χ2v) is 5.76. The van der Waals surface area contributed by atoms with Gasteiger partial charge >= 0.3 is 0 Å². The van der Waals surface area contributed by atoms with Crippen LogP contribution in [0, 0.1) is 0 Å². The molecule has 0 saturated carbocycles. The molecule has 1 aromatic carbocycles. The van der Waals surface area contributed by atoms with E-state index in [9.17, 15) is 4.79 Å². The summed E-state index contributed by atoms with van der Waals surface area (Å²) < 4.78 is 0. The van der Waals surface area contributed by atoms with Crippen molar-refractivity contribution in [2.75, 3.05) is 25.1 Å². The van der Waals surface area contributed by atoms with E-state index in [1.807, 2.05) is 12.1 Å². The van der Waals surface area contributed by atoms with Crippen LogP contribution in [0.1, 0.15) is 44.0 Å². The molecule has 3 N–H and O–H groups in total. The molecule has 4 nitrogen and oxygen atoms in total. The molecule has 106 valence electrons. The van der Waals surface area contributed by atoms with E-state index in [4.69, 9.17) is 5.73 Å². The zero-order valence-electron chi connectivity index (χ0n) is 12.6. The number of rotatable bonds is 5. The summed E-state index contributed by atoms with van der Waals surface area (Å²) in [5, 5.41) is 3.43. The maximum absolute atomic E-state index is 11.8. The van der Waals surface area contributed by atoms with Gasteiger partial charge in [0.25, 0.3) is 5.91 Å². The summed E-state index contributed by atoms with van der Waals surface area (Å²) in [6, 6.07) is 5.42. The molecule has 0 unspecified atom stereocenters. The van der Waals surface area contributed by atoms with Crippen molar-refractivity contribution in [1.29, 1.82) is 0 Å². The van der Waals surface area contributed by atoms with Crippen molar-refractivity contribution in [1.82, 2.24) is 4.90 Å². The average Bonchev–Trinajstić information content (AvgIpc) is 2.30. The smallest absolute Gasteiger partial charge is 0.253 e. The lowest BCUT2D eigenvalue weighted by atomic mass is 9.98. The number of nitrogens with one attached hydrogen (secondary N) is 1. The lowest BCUT2D eigenvalue weighted by molar-refractivity contribution is 0.0827. The van der Waals surface area contributed by atoms with Gasteiger partial charge in [-0.25, -0.2) is 0 Å².